The highest BCUT2D eigenvalue weighted by Crippen LogP contribution is 2.17. The van der Waals surface area contributed by atoms with Gasteiger partial charge in [-0.1, -0.05) is 0 Å². The Hall–Kier alpha value is -2.00. The minimum Gasteiger partial charge on any atom is -0.459 e. The van der Waals surface area contributed by atoms with Crippen LogP contribution >= 0.6 is 0 Å². The lowest BCUT2D eigenvalue weighted by Crippen LogP contribution is -2.32. The molecule has 1 aromatic rings. The van der Waals surface area contributed by atoms with Crippen LogP contribution < -0.4 is 0 Å². The van der Waals surface area contributed by atoms with Gasteiger partial charge in [-0.3, -0.25) is 9.69 Å². The highest BCUT2D eigenvalue weighted by atomic mass is 19.1. The Balaban J connectivity index is 2.74. The molecule has 114 valence electrons. The molecule has 0 aliphatic heterocycles. The number of esters is 1. The van der Waals surface area contributed by atoms with Crippen molar-refractivity contribution in [2.75, 3.05) is 13.6 Å². The monoisotopic (exact) mass is 296 g/mol. The number of hydrogen-bond donors (Lipinski definition) is 0. The highest BCUT2D eigenvalue weighted by molar-refractivity contribution is 5.72. The molecule has 0 heterocycles. The molecule has 0 spiro atoms. The van der Waals surface area contributed by atoms with Gasteiger partial charge in [-0.15, -0.1) is 0 Å². The van der Waals surface area contributed by atoms with E-state index in [9.17, 15) is 13.6 Å². The summed E-state index contributed by atoms with van der Waals surface area (Å²) in [4.78, 5) is 13.1. The largest absolute Gasteiger partial charge is 0.459 e. The molecule has 0 amide bonds. The van der Waals surface area contributed by atoms with Crippen LogP contribution in [0.25, 0.3) is 0 Å². The first-order valence-electron chi connectivity index (χ1n) is 6.41. The van der Waals surface area contributed by atoms with E-state index in [4.69, 9.17) is 10.00 Å². The molecule has 0 N–H and O–H groups in total. The second-order valence-electron chi connectivity index (χ2n) is 5.79. The molecule has 0 saturated heterocycles. The standard InChI is InChI=1S/C15H18F2N2O2/c1-15(2,3)21-14(20)9-19(4)8-11-12(16)5-10(7-18)6-13(11)17/h5-6H,8-9H2,1-4H3. The van der Waals surface area contributed by atoms with Crippen molar-refractivity contribution < 1.29 is 18.3 Å². The summed E-state index contributed by atoms with van der Waals surface area (Å²) in [5, 5.41) is 8.63. The third-order valence-corrected chi connectivity index (χ3v) is 2.52. The number of ether oxygens (including phenoxy) is 1. The molecule has 6 heteroatoms. The van der Waals surface area contributed by atoms with Gasteiger partial charge in [0.2, 0.25) is 0 Å². The molecular weight excluding hydrogens is 278 g/mol. The van der Waals surface area contributed by atoms with Crippen LogP contribution in [0.15, 0.2) is 12.1 Å². The normalized spacial score (nSPS) is 11.3. The second kappa shape index (κ2) is 6.64. The third-order valence-electron chi connectivity index (χ3n) is 2.52. The number of nitriles is 1. The van der Waals surface area contributed by atoms with Crippen molar-refractivity contribution in [3.8, 4) is 6.07 Å². The number of benzene rings is 1. The van der Waals surface area contributed by atoms with Gasteiger partial charge in [-0.25, -0.2) is 8.78 Å². The van der Waals surface area contributed by atoms with Crippen LogP contribution in [-0.4, -0.2) is 30.1 Å². The van der Waals surface area contributed by atoms with E-state index in [0.717, 1.165) is 12.1 Å². The van der Waals surface area contributed by atoms with E-state index in [-0.39, 0.29) is 24.2 Å². The third kappa shape index (κ3) is 5.48. The number of carbonyl (C=O) groups is 1. The summed E-state index contributed by atoms with van der Waals surface area (Å²) in [7, 11) is 1.56. The Labute approximate surface area is 122 Å². The fourth-order valence-corrected chi connectivity index (χ4v) is 1.74. The quantitative estimate of drug-likeness (QED) is 0.801. The summed E-state index contributed by atoms with van der Waals surface area (Å²) in [6, 6.07) is 3.62. The maximum atomic E-state index is 13.7. The molecule has 0 atom stereocenters. The first-order chi connectivity index (χ1) is 9.62. The Morgan fingerprint density at radius 2 is 1.86 bits per heavy atom. The number of likely N-dealkylation sites (N-methyl/N-ethyl adjacent to an activating group) is 1. The molecule has 0 radical (unpaired) electrons. The molecule has 21 heavy (non-hydrogen) atoms. The fourth-order valence-electron chi connectivity index (χ4n) is 1.74. The van der Waals surface area contributed by atoms with E-state index >= 15 is 0 Å². The summed E-state index contributed by atoms with van der Waals surface area (Å²) < 4.78 is 32.6. The molecule has 1 rings (SSSR count). The van der Waals surface area contributed by atoms with Gasteiger partial charge < -0.3 is 4.74 Å². The summed E-state index contributed by atoms with van der Waals surface area (Å²) in [5.74, 6) is -2.08. The van der Waals surface area contributed by atoms with Gasteiger partial charge in [0.1, 0.15) is 17.2 Å². The average Bonchev–Trinajstić information content (AvgIpc) is 2.30. The molecule has 0 unspecified atom stereocenters. The number of halogens is 2. The molecule has 0 aliphatic carbocycles. The van der Waals surface area contributed by atoms with Crippen LogP contribution in [0.5, 0.6) is 0 Å². The average molecular weight is 296 g/mol. The van der Waals surface area contributed by atoms with E-state index < -0.39 is 23.2 Å². The predicted octanol–water partition coefficient (Wildman–Crippen LogP) is 2.61. The van der Waals surface area contributed by atoms with Crippen LogP contribution in [0, 0.1) is 23.0 Å². The number of hydrogen-bond acceptors (Lipinski definition) is 4. The topological polar surface area (TPSA) is 53.3 Å². The fraction of sp³-hybridized carbons (Fsp3) is 0.467. The van der Waals surface area contributed by atoms with Gasteiger partial charge in [0.05, 0.1) is 18.2 Å². The SMILES string of the molecule is CN(CC(=O)OC(C)(C)C)Cc1c(F)cc(C#N)cc1F. The van der Waals surface area contributed by atoms with Gasteiger partial charge in [-0.05, 0) is 40.0 Å². The maximum absolute atomic E-state index is 13.7. The zero-order valence-corrected chi connectivity index (χ0v) is 12.5. The van der Waals surface area contributed by atoms with Gasteiger partial charge in [-0.2, -0.15) is 5.26 Å². The van der Waals surface area contributed by atoms with Crippen molar-refractivity contribution in [1.29, 1.82) is 5.26 Å². The lowest BCUT2D eigenvalue weighted by Gasteiger charge is -2.22. The second-order valence-corrected chi connectivity index (χ2v) is 5.79. The van der Waals surface area contributed by atoms with E-state index in [0.29, 0.717) is 0 Å². The van der Waals surface area contributed by atoms with Gasteiger partial charge in [0.15, 0.2) is 0 Å². The smallest absolute Gasteiger partial charge is 0.320 e. The molecular formula is C15H18F2N2O2. The Morgan fingerprint density at radius 3 is 2.29 bits per heavy atom. The van der Waals surface area contributed by atoms with Gasteiger partial charge in [0, 0.05) is 12.1 Å². The lowest BCUT2D eigenvalue weighted by atomic mass is 10.1. The minimum atomic E-state index is -0.803. The molecule has 0 aliphatic rings. The summed E-state index contributed by atoms with van der Waals surface area (Å²) >= 11 is 0. The van der Waals surface area contributed by atoms with E-state index in [1.807, 2.05) is 0 Å². The molecule has 0 bridgehead atoms. The van der Waals surface area contributed by atoms with Crippen LogP contribution in [0.4, 0.5) is 8.78 Å². The van der Waals surface area contributed by atoms with Gasteiger partial charge >= 0.3 is 5.97 Å². The van der Waals surface area contributed by atoms with Crippen molar-refractivity contribution in [2.45, 2.75) is 32.9 Å². The van der Waals surface area contributed by atoms with E-state index in [1.165, 1.54) is 4.90 Å². The van der Waals surface area contributed by atoms with Crippen molar-refractivity contribution in [3.05, 3.63) is 34.9 Å². The Bertz CT molecular complexity index is 551. The van der Waals surface area contributed by atoms with Crippen molar-refractivity contribution in [2.24, 2.45) is 0 Å². The van der Waals surface area contributed by atoms with Crippen LogP contribution in [0.3, 0.4) is 0 Å². The summed E-state index contributed by atoms with van der Waals surface area (Å²) in [6.07, 6.45) is 0. The summed E-state index contributed by atoms with van der Waals surface area (Å²) in [6.45, 7) is 5.04. The van der Waals surface area contributed by atoms with E-state index in [1.54, 1.807) is 33.9 Å². The van der Waals surface area contributed by atoms with Crippen LogP contribution in [0.1, 0.15) is 31.9 Å². The van der Waals surface area contributed by atoms with Crippen LogP contribution in [-0.2, 0) is 16.1 Å². The summed E-state index contributed by atoms with van der Waals surface area (Å²) in [5.41, 5.74) is -0.869. The minimum absolute atomic E-state index is 0.0801. The lowest BCUT2D eigenvalue weighted by molar-refractivity contribution is -0.155. The zero-order valence-electron chi connectivity index (χ0n) is 12.5. The molecule has 0 aromatic heterocycles. The molecule has 4 nitrogen and oxygen atoms in total. The first kappa shape index (κ1) is 17.1. The first-order valence-corrected chi connectivity index (χ1v) is 6.41. The maximum Gasteiger partial charge on any atom is 0.320 e. The highest BCUT2D eigenvalue weighted by Gasteiger charge is 2.19. The van der Waals surface area contributed by atoms with Gasteiger partial charge in [0.25, 0.3) is 0 Å². The number of carbonyl (C=O) groups excluding carboxylic acids is 1. The predicted molar refractivity (Wildman–Crippen MR) is 73.3 cm³/mol. The number of rotatable bonds is 4. The van der Waals surface area contributed by atoms with Crippen molar-refractivity contribution in [1.82, 2.24) is 4.90 Å². The van der Waals surface area contributed by atoms with Crippen molar-refractivity contribution >= 4 is 5.97 Å². The van der Waals surface area contributed by atoms with Crippen molar-refractivity contribution in [3.63, 3.8) is 0 Å². The Kier molecular flexibility index (Phi) is 5.39. The van der Waals surface area contributed by atoms with E-state index in [2.05, 4.69) is 0 Å². The zero-order chi connectivity index (χ0) is 16.2. The Morgan fingerprint density at radius 1 is 1.33 bits per heavy atom. The molecule has 0 fully saturated rings. The molecule has 0 saturated carbocycles. The molecule has 1 aromatic carbocycles. The number of nitrogens with zero attached hydrogens (tertiary/aromatic N) is 2. The van der Waals surface area contributed by atoms with Crippen LogP contribution in [0.2, 0.25) is 0 Å².